The number of alkyl halides is 1. The molecule has 128 valence electrons. The first kappa shape index (κ1) is 15.4. The summed E-state index contributed by atoms with van der Waals surface area (Å²) in [5.41, 5.74) is 4.02. The summed E-state index contributed by atoms with van der Waals surface area (Å²) in [6.07, 6.45) is 3.17. The Labute approximate surface area is 141 Å². The molecule has 1 saturated heterocycles. The molecule has 0 saturated carbocycles. The summed E-state index contributed by atoms with van der Waals surface area (Å²) < 4.78 is 29.6. The zero-order valence-corrected chi connectivity index (χ0v) is 13.1. The van der Waals surface area contributed by atoms with Gasteiger partial charge in [0.05, 0.1) is 6.54 Å². The first-order valence-corrected chi connectivity index (χ1v) is 7.67. The molecule has 1 fully saturated rings. The van der Waals surface area contributed by atoms with Crippen LogP contribution in [-0.2, 0) is 4.79 Å². The summed E-state index contributed by atoms with van der Waals surface area (Å²) in [5, 5.41) is 8.21. The molecule has 2 aromatic heterocycles. The van der Waals surface area contributed by atoms with Crippen LogP contribution in [0.5, 0.6) is 0 Å². The Morgan fingerprint density at radius 1 is 1.32 bits per heavy atom. The fourth-order valence-electron chi connectivity index (χ4n) is 3.02. The summed E-state index contributed by atoms with van der Waals surface area (Å²) in [5.74, 6) is -0.521. The van der Waals surface area contributed by atoms with Crippen LogP contribution in [0.4, 0.5) is 14.6 Å². The van der Waals surface area contributed by atoms with Crippen molar-refractivity contribution in [3.8, 4) is 11.4 Å². The van der Waals surface area contributed by atoms with E-state index in [2.05, 4.69) is 15.2 Å². The van der Waals surface area contributed by atoms with Crippen molar-refractivity contribution < 1.29 is 13.6 Å². The van der Waals surface area contributed by atoms with E-state index in [4.69, 9.17) is 5.73 Å². The molecule has 1 aliphatic heterocycles. The van der Waals surface area contributed by atoms with E-state index < -0.39 is 11.6 Å². The molecule has 2 N–H and O–H groups in total. The van der Waals surface area contributed by atoms with Crippen LogP contribution in [0.25, 0.3) is 17.0 Å². The van der Waals surface area contributed by atoms with Gasteiger partial charge in [-0.1, -0.05) is 12.1 Å². The minimum atomic E-state index is -2.08. The number of carbonyl (C=O) groups excluding carboxylic acids is 1. The van der Waals surface area contributed by atoms with Crippen molar-refractivity contribution in [1.29, 1.82) is 0 Å². The predicted octanol–water partition coefficient (Wildman–Crippen LogP) is 1.33. The van der Waals surface area contributed by atoms with E-state index in [-0.39, 0.29) is 25.3 Å². The van der Waals surface area contributed by atoms with Crippen LogP contribution < -0.4 is 10.6 Å². The van der Waals surface area contributed by atoms with E-state index in [0.29, 0.717) is 22.9 Å². The second kappa shape index (κ2) is 5.47. The maximum absolute atomic E-state index is 14.5. The Hall–Kier alpha value is -3.10. The van der Waals surface area contributed by atoms with Gasteiger partial charge in [0.25, 0.3) is 5.91 Å². The fourth-order valence-corrected chi connectivity index (χ4v) is 3.02. The number of aromatic nitrogens is 4. The number of nitrogens with two attached hydrogens (primary N) is 1. The molecule has 1 aliphatic rings. The quantitative estimate of drug-likeness (QED) is 0.774. The Morgan fingerprint density at radius 2 is 2.16 bits per heavy atom. The molecule has 1 amide bonds. The predicted molar refractivity (Wildman–Crippen MR) is 86.0 cm³/mol. The Bertz CT molecular complexity index is 974. The first-order valence-electron chi connectivity index (χ1n) is 7.67. The third kappa shape index (κ3) is 2.48. The second-order valence-electron chi connectivity index (χ2n) is 5.98. The van der Waals surface area contributed by atoms with Gasteiger partial charge in [0.15, 0.2) is 11.6 Å². The topological polar surface area (TPSA) is 89.4 Å². The minimum absolute atomic E-state index is 0.00401. The second-order valence-corrected chi connectivity index (χ2v) is 5.98. The zero-order chi connectivity index (χ0) is 17.6. The number of nitrogens with zero attached hydrogens (tertiary/aromatic N) is 5. The standard InChI is InChI=1S/C16H14F2N6O/c17-11-3-1-2-10(8-11)12-21-22-14-13(20-5-7-24(12)14)23-6-4-16(18,9-23)15(19)25/h1-3,5,7-8H,4,6,9H2,(H2,19,25). The monoisotopic (exact) mass is 344 g/mol. The van der Waals surface area contributed by atoms with Gasteiger partial charge in [-0.15, -0.1) is 10.2 Å². The zero-order valence-electron chi connectivity index (χ0n) is 13.1. The average molecular weight is 344 g/mol. The van der Waals surface area contributed by atoms with Crippen molar-refractivity contribution in [1.82, 2.24) is 19.6 Å². The SMILES string of the molecule is NC(=O)C1(F)CCN(c2nccn3c(-c4cccc(F)c4)nnc23)C1. The lowest BCUT2D eigenvalue weighted by Crippen LogP contribution is -2.42. The van der Waals surface area contributed by atoms with E-state index in [1.807, 2.05) is 0 Å². The number of carbonyl (C=O) groups is 1. The lowest BCUT2D eigenvalue weighted by molar-refractivity contribution is -0.128. The number of rotatable bonds is 3. The van der Waals surface area contributed by atoms with E-state index >= 15 is 0 Å². The number of halogens is 2. The van der Waals surface area contributed by atoms with Crippen LogP contribution in [0.3, 0.4) is 0 Å². The lowest BCUT2D eigenvalue weighted by Gasteiger charge is -2.19. The molecule has 0 radical (unpaired) electrons. The van der Waals surface area contributed by atoms with Gasteiger partial charge in [0, 0.05) is 30.9 Å². The van der Waals surface area contributed by atoms with Gasteiger partial charge in [-0.05, 0) is 12.1 Å². The van der Waals surface area contributed by atoms with Crippen molar-refractivity contribution in [2.24, 2.45) is 5.73 Å². The van der Waals surface area contributed by atoms with Crippen LogP contribution in [-0.4, -0.2) is 44.2 Å². The van der Waals surface area contributed by atoms with Crippen molar-refractivity contribution in [3.63, 3.8) is 0 Å². The largest absolute Gasteiger partial charge is 0.367 e. The van der Waals surface area contributed by atoms with Crippen LogP contribution >= 0.6 is 0 Å². The number of anilines is 1. The molecule has 0 bridgehead atoms. The summed E-state index contributed by atoms with van der Waals surface area (Å²) in [4.78, 5) is 17.2. The third-order valence-electron chi connectivity index (χ3n) is 4.35. The highest BCUT2D eigenvalue weighted by Crippen LogP contribution is 2.31. The molecule has 7 nitrogen and oxygen atoms in total. The number of hydrogen-bond donors (Lipinski definition) is 1. The van der Waals surface area contributed by atoms with Crippen molar-refractivity contribution >= 4 is 17.4 Å². The first-order chi connectivity index (χ1) is 12.0. The third-order valence-corrected chi connectivity index (χ3v) is 4.35. The molecular weight excluding hydrogens is 330 g/mol. The number of hydrogen-bond acceptors (Lipinski definition) is 5. The minimum Gasteiger partial charge on any atom is -0.367 e. The van der Waals surface area contributed by atoms with Crippen molar-refractivity contribution in [2.45, 2.75) is 12.1 Å². The number of amides is 1. The van der Waals surface area contributed by atoms with E-state index in [0.717, 1.165) is 0 Å². The van der Waals surface area contributed by atoms with Crippen molar-refractivity contribution in [2.75, 3.05) is 18.0 Å². The fraction of sp³-hybridized carbons (Fsp3) is 0.250. The van der Waals surface area contributed by atoms with Crippen molar-refractivity contribution in [3.05, 3.63) is 42.5 Å². The number of fused-ring (bicyclic) bond motifs is 1. The smallest absolute Gasteiger partial charge is 0.257 e. The van der Waals surface area contributed by atoms with Gasteiger partial charge < -0.3 is 10.6 Å². The van der Waals surface area contributed by atoms with E-state index in [9.17, 15) is 13.6 Å². The highest BCUT2D eigenvalue weighted by molar-refractivity contribution is 5.85. The summed E-state index contributed by atoms with van der Waals surface area (Å²) >= 11 is 0. The number of benzene rings is 1. The summed E-state index contributed by atoms with van der Waals surface area (Å²) in [6, 6.07) is 5.99. The average Bonchev–Trinajstić information content (AvgIpc) is 3.19. The molecule has 0 spiro atoms. The Morgan fingerprint density at radius 3 is 2.88 bits per heavy atom. The van der Waals surface area contributed by atoms with Gasteiger partial charge in [-0.2, -0.15) is 0 Å². The Kier molecular flexibility index (Phi) is 3.38. The maximum Gasteiger partial charge on any atom is 0.257 e. The molecule has 0 aliphatic carbocycles. The molecule has 9 heteroatoms. The van der Waals surface area contributed by atoms with Crippen LogP contribution in [0, 0.1) is 5.82 Å². The summed E-state index contributed by atoms with van der Waals surface area (Å²) in [6.45, 7) is 0.103. The Balaban J connectivity index is 1.77. The molecule has 3 heterocycles. The molecule has 25 heavy (non-hydrogen) atoms. The highest BCUT2D eigenvalue weighted by Gasteiger charge is 2.44. The molecular formula is C16H14F2N6O. The highest BCUT2D eigenvalue weighted by atomic mass is 19.1. The molecule has 1 unspecified atom stereocenters. The lowest BCUT2D eigenvalue weighted by atomic mass is 10.1. The van der Waals surface area contributed by atoms with Crippen LogP contribution in [0.15, 0.2) is 36.7 Å². The molecule has 3 aromatic rings. The van der Waals surface area contributed by atoms with Gasteiger partial charge in [-0.3, -0.25) is 9.20 Å². The summed E-state index contributed by atoms with van der Waals surface area (Å²) in [7, 11) is 0. The van der Waals surface area contributed by atoms with Gasteiger partial charge in [0.2, 0.25) is 11.3 Å². The van der Waals surface area contributed by atoms with Gasteiger partial charge in [-0.25, -0.2) is 13.8 Å². The molecule has 4 rings (SSSR count). The molecule has 1 aromatic carbocycles. The van der Waals surface area contributed by atoms with Gasteiger partial charge >= 0.3 is 0 Å². The van der Waals surface area contributed by atoms with Gasteiger partial charge in [0.1, 0.15) is 5.82 Å². The van der Waals surface area contributed by atoms with Crippen LogP contribution in [0.1, 0.15) is 6.42 Å². The maximum atomic E-state index is 14.5. The van der Waals surface area contributed by atoms with Crippen LogP contribution in [0.2, 0.25) is 0 Å². The van der Waals surface area contributed by atoms with E-state index in [1.165, 1.54) is 18.3 Å². The molecule has 1 atom stereocenters. The number of primary amides is 1. The van der Waals surface area contributed by atoms with E-state index in [1.54, 1.807) is 27.6 Å². The normalized spacial score (nSPS) is 20.3.